The third-order valence-electron chi connectivity index (χ3n) is 3.02. The molecule has 2 N–H and O–H groups in total. The number of rotatable bonds is 6. The van der Waals surface area contributed by atoms with E-state index in [0.29, 0.717) is 17.8 Å². The van der Waals surface area contributed by atoms with E-state index in [1.165, 1.54) is 6.33 Å². The van der Waals surface area contributed by atoms with Crippen molar-refractivity contribution in [2.75, 3.05) is 0 Å². The first kappa shape index (κ1) is 14.6. The molecule has 0 spiro atoms. The van der Waals surface area contributed by atoms with E-state index >= 15 is 0 Å². The molecule has 6 nitrogen and oxygen atoms in total. The Labute approximate surface area is 118 Å². The first-order chi connectivity index (χ1) is 9.61. The molecule has 2 aromatic rings. The summed E-state index contributed by atoms with van der Waals surface area (Å²) in [5.74, 6) is 1.44. The average Bonchev–Trinajstić information content (AvgIpc) is 2.84. The molecule has 0 radical (unpaired) electrons. The monoisotopic (exact) mass is 275 g/mol. The van der Waals surface area contributed by atoms with Gasteiger partial charge in [0.25, 0.3) is 0 Å². The van der Waals surface area contributed by atoms with Crippen LogP contribution in [-0.4, -0.2) is 31.9 Å². The lowest BCUT2D eigenvalue weighted by Gasteiger charge is -2.10. The largest absolute Gasteiger partial charge is 0.488 e. The SMILES string of the molecule is CCCn1ncnc1COc1ccc(B(O)O)c(C)c1. The van der Waals surface area contributed by atoms with Crippen LogP contribution in [0.15, 0.2) is 24.5 Å². The lowest BCUT2D eigenvalue weighted by Crippen LogP contribution is -2.31. The van der Waals surface area contributed by atoms with Crippen molar-refractivity contribution in [1.29, 1.82) is 0 Å². The first-order valence-electron chi connectivity index (χ1n) is 6.58. The Hall–Kier alpha value is -1.86. The highest BCUT2D eigenvalue weighted by Crippen LogP contribution is 2.13. The van der Waals surface area contributed by atoms with Gasteiger partial charge in [-0.25, -0.2) is 9.67 Å². The van der Waals surface area contributed by atoms with Gasteiger partial charge in [0.15, 0.2) is 5.82 Å². The maximum Gasteiger partial charge on any atom is 0.488 e. The second-order valence-corrected chi connectivity index (χ2v) is 4.58. The fourth-order valence-electron chi connectivity index (χ4n) is 1.97. The maximum atomic E-state index is 9.16. The van der Waals surface area contributed by atoms with Crippen LogP contribution in [0, 0.1) is 6.92 Å². The molecule has 0 fully saturated rings. The zero-order chi connectivity index (χ0) is 14.5. The molecule has 20 heavy (non-hydrogen) atoms. The smallest absolute Gasteiger partial charge is 0.486 e. The van der Waals surface area contributed by atoms with Crippen molar-refractivity contribution in [3.8, 4) is 5.75 Å². The van der Waals surface area contributed by atoms with Crippen LogP contribution in [0.3, 0.4) is 0 Å². The number of nitrogens with zero attached hydrogens (tertiary/aromatic N) is 3. The van der Waals surface area contributed by atoms with Crippen LogP contribution in [0.2, 0.25) is 0 Å². The molecule has 0 unspecified atom stereocenters. The topological polar surface area (TPSA) is 80.4 Å². The van der Waals surface area contributed by atoms with Crippen molar-refractivity contribution in [1.82, 2.24) is 14.8 Å². The van der Waals surface area contributed by atoms with E-state index in [1.807, 2.05) is 4.68 Å². The van der Waals surface area contributed by atoms with Gasteiger partial charge in [-0.3, -0.25) is 0 Å². The molecule has 0 amide bonds. The van der Waals surface area contributed by atoms with Crippen molar-refractivity contribution in [2.45, 2.75) is 33.4 Å². The molecule has 1 heterocycles. The van der Waals surface area contributed by atoms with Crippen molar-refractivity contribution >= 4 is 12.6 Å². The average molecular weight is 275 g/mol. The molecule has 0 aliphatic heterocycles. The van der Waals surface area contributed by atoms with Gasteiger partial charge >= 0.3 is 7.12 Å². The molecule has 0 aliphatic rings. The standard InChI is InChI=1S/C13H18BN3O3/c1-3-6-17-13(15-9-16-17)8-20-11-4-5-12(14(18)19)10(2)7-11/h4-5,7,9,18-19H,3,6,8H2,1-2H3. The van der Waals surface area contributed by atoms with Gasteiger partial charge in [-0.05, 0) is 36.5 Å². The van der Waals surface area contributed by atoms with E-state index < -0.39 is 7.12 Å². The van der Waals surface area contributed by atoms with E-state index in [4.69, 9.17) is 14.8 Å². The summed E-state index contributed by atoms with van der Waals surface area (Å²) in [6.07, 6.45) is 2.50. The summed E-state index contributed by atoms with van der Waals surface area (Å²) in [6, 6.07) is 5.13. The highest BCUT2D eigenvalue weighted by molar-refractivity contribution is 6.59. The van der Waals surface area contributed by atoms with Crippen molar-refractivity contribution in [3.63, 3.8) is 0 Å². The summed E-state index contributed by atoms with van der Waals surface area (Å²) in [7, 11) is -1.46. The lowest BCUT2D eigenvalue weighted by atomic mass is 9.77. The Morgan fingerprint density at radius 2 is 2.15 bits per heavy atom. The zero-order valence-corrected chi connectivity index (χ0v) is 11.7. The summed E-state index contributed by atoms with van der Waals surface area (Å²) in [6.45, 7) is 5.03. The minimum atomic E-state index is -1.46. The summed E-state index contributed by atoms with van der Waals surface area (Å²) in [5, 5.41) is 22.5. The van der Waals surface area contributed by atoms with Gasteiger partial charge in [0.1, 0.15) is 18.7 Å². The molecule has 0 atom stereocenters. The number of benzene rings is 1. The number of hydrogen-bond acceptors (Lipinski definition) is 5. The minimum Gasteiger partial charge on any atom is -0.486 e. The quantitative estimate of drug-likeness (QED) is 0.739. The summed E-state index contributed by atoms with van der Waals surface area (Å²) >= 11 is 0. The number of aryl methyl sites for hydroxylation is 2. The lowest BCUT2D eigenvalue weighted by molar-refractivity contribution is 0.286. The van der Waals surface area contributed by atoms with Gasteiger partial charge in [0, 0.05) is 6.54 Å². The molecule has 0 bridgehead atoms. The molecular formula is C13H18BN3O3. The van der Waals surface area contributed by atoms with Gasteiger partial charge < -0.3 is 14.8 Å². The van der Waals surface area contributed by atoms with Gasteiger partial charge in [-0.2, -0.15) is 5.10 Å². The fraction of sp³-hybridized carbons (Fsp3) is 0.385. The predicted molar refractivity (Wildman–Crippen MR) is 75.6 cm³/mol. The molecular weight excluding hydrogens is 257 g/mol. The van der Waals surface area contributed by atoms with Crippen LogP contribution < -0.4 is 10.2 Å². The van der Waals surface area contributed by atoms with E-state index in [-0.39, 0.29) is 0 Å². The highest BCUT2D eigenvalue weighted by atomic mass is 16.5. The zero-order valence-electron chi connectivity index (χ0n) is 11.7. The minimum absolute atomic E-state index is 0.334. The molecule has 2 rings (SSSR count). The normalized spacial score (nSPS) is 10.6. The van der Waals surface area contributed by atoms with E-state index in [1.54, 1.807) is 25.1 Å². The Morgan fingerprint density at radius 3 is 2.80 bits per heavy atom. The number of ether oxygens (including phenoxy) is 1. The second kappa shape index (κ2) is 6.54. The third kappa shape index (κ3) is 3.37. The Bertz CT molecular complexity index is 572. The van der Waals surface area contributed by atoms with Crippen molar-refractivity contribution in [2.24, 2.45) is 0 Å². The molecule has 1 aromatic carbocycles. The Balaban J connectivity index is 2.04. The summed E-state index contributed by atoms with van der Waals surface area (Å²) in [5.41, 5.74) is 1.25. The molecule has 106 valence electrons. The Kier molecular flexibility index (Phi) is 4.76. The van der Waals surface area contributed by atoms with Crippen LogP contribution in [-0.2, 0) is 13.2 Å². The van der Waals surface area contributed by atoms with Gasteiger partial charge in [0.05, 0.1) is 0 Å². The number of aromatic nitrogens is 3. The van der Waals surface area contributed by atoms with Gasteiger partial charge in [-0.15, -0.1) is 0 Å². The fourth-order valence-corrected chi connectivity index (χ4v) is 1.97. The maximum absolute atomic E-state index is 9.16. The predicted octanol–water partition coefficient (Wildman–Crippen LogP) is 0.255. The number of hydrogen-bond donors (Lipinski definition) is 2. The van der Waals surface area contributed by atoms with Gasteiger partial charge in [-0.1, -0.05) is 13.0 Å². The van der Waals surface area contributed by atoms with Crippen LogP contribution in [0.4, 0.5) is 0 Å². The van der Waals surface area contributed by atoms with E-state index in [9.17, 15) is 0 Å². The van der Waals surface area contributed by atoms with Gasteiger partial charge in [0.2, 0.25) is 0 Å². The van der Waals surface area contributed by atoms with E-state index in [2.05, 4.69) is 17.0 Å². The van der Waals surface area contributed by atoms with Crippen LogP contribution in [0.25, 0.3) is 0 Å². The Morgan fingerprint density at radius 1 is 1.35 bits per heavy atom. The molecule has 0 saturated carbocycles. The summed E-state index contributed by atoms with van der Waals surface area (Å²) in [4.78, 5) is 4.16. The molecule has 7 heteroatoms. The van der Waals surface area contributed by atoms with Crippen molar-refractivity contribution in [3.05, 3.63) is 35.9 Å². The van der Waals surface area contributed by atoms with E-state index in [0.717, 1.165) is 24.4 Å². The second-order valence-electron chi connectivity index (χ2n) is 4.58. The molecule has 0 aliphatic carbocycles. The van der Waals surface area contributed by atoms with Crippen LogP contribution in [0.5, 0.6) is 5.75 Å². The van der Waals surface area contributed by atoms with Crippen LogP contribution in [0.1, 0.15) is 24.7 Å². The third-order valence-corrected chi connectivity index (χ3v) is 3.02. The van der Waals surface area contributed by atoms with Crippen LogP contribution >= 0.6 is 0 Å². The molecule has 1 aromatic heterocycles. The highest BCUT2D eigenvalue weighted by Gasteiger charge is 2.14. The van der Waals surface area contributed by atoms with Crippen molar-refractivity contribution < 1.29 is 14.8 Å². The first-order valence-corrected chi connectivity index (χ1v) is 6.58. The molecule has 0 saturated heterocycles. The summed E-state index contributed by atoms with van der Waals surface area (Å²) < 4.78 is 7.48.